The standard InChI is InChI=1S/C25H38N2O3/c1-4-16-20(27-30-15-9-12-26-14-15)8-11-25(3)19-7-10-24(2)18(5-6-22(24)29)17(19)13-21(28)23(16)25/h15-19,23,26H,4-14H2,1-3H3/b27-20+/t15-,16?,17+,18+,19-,23?,24+,25-/m1/s1. The fraction of sp³-hybridized carbons (Fsp3) is 0.880. The summed E-state index contributed by atoms with van der Waals surface area (Å²) in [6, 6.07) is 0. The fourth-order valence-electron chi connectivity index (χ4n) is 8.36. The van der Waals surface area contributed by atoms with E-state index in [1.54, 1.807) is 0 Å². The van der Waals surface area contributed by atoms with E-state index in [2.05, 4.69) is 31.2 Å². The molecular weight excluding hydrogens is 376 g/mol. The normalized spacial score (nSPS) is 49.6. The first-order valence-corrected chi connectivity index (χ1v) is 12.4. The summed E-state index contributed by atoms with van der Waals surface area (Å²) < 4.78 is 0. The Morgan fingerprint density at radius 1 is 1.10 bits per heavy atom. The molecule has 5 aliphatic rings. The molecule has 5 rings (SSSR count). The van der Waals surface area contributed by atoms with Gasteiger partial charge in [-0.3, -0.25) is 9.59 Å². The number of fused-ring (bicyclic) bond motifs is 5. The Morgan fingerprint density at radius 3 is 2.67 bits per heavy atom. The molecule has 5 fully saturated rings. The molecular formula is C25H38N2O3. The van der Waals surface area contributed by atoms with Crippen molar-refractivity contribution in [2.24, 2.45) is 45.6 Å². The molecule has 8 atom stereocenters. The molecule has 0 spiro atoms. The molecule has 4 aliphatic carbocycles. The van der Waals surface area contributed by atoms with Crippen molar-refractivity contribution in [2.45, 2.75) is 84.7 Å². The number of ketones is 2. The third kappa shape index (κ3) is 2.94. The number of carbonyl (C=O) groups excluding carboxylic acids is 2. The monoisotopic (exact) mass is 414 g/mol. The van der Waals surface area contributed by atoms with Crippen molar-refractivity contribution in [2.75, 3.05) is 13.1 Å². The predicted octanol–water partition coefficient (Wildman–Crippen LogP) is 4.15. The smallest absolute Gasteiger partial charge is 0.141 e. The molecule has 1 aliphatic heterocycles. The summed E-state index contributed by atoms with van der Waals surface area (Å²) >= 11 is 0. The molecule has 5 nitrogen and oxygen atoms in total. The van der Waals surface area contributed by atoms with E-state index in [4.69, 9.17) is 4.84 Å². The van der Waals surface area contributed by atoms with Crippen LogP contribution in [0.3, 0.4) is 0 Å². The third-order valence-corrected chi connectivity index (χ3v) is 10.0. The van der Waals surface area contributed by atoms with E-state index < -0.39 is 0 Å². The lowest BCUT2D eigenvalue weighted by molar-refractivity contribution is -0.156. The Morgan fingerprint density at radius 2 is 1.93 bits per heavy atom. The van der Waals surface area contributed by atoms with Crippen LogP contribution >= 0.6 is 0 Å². The molecule has 0 aromatic heterocycles. The van der Waals surface area contributed by atoms with Crippen molar-refractivity contribution in [3.05, 3.63) is 0 Å². The van der Waals surface area contributed by atoms with Crippen LogP contribution in [-0.4, -0.2) is 36.5 Å². The number of Topliss-reactive ketones (excluding diaryl/α,β-unsaturated/α-hetero) is 2. The molecule has 0 aromatic rings. The number of carbonyl (C=O) groups is 2. The summed E-state index contributed by atoms with van der Waals surface area (Å²) in [5.74, 6) is 2.56. The molecule has 1 heterocycles. The van der Waals surface area contributed by atoms with Crippen LogP contribution in [0.1, 0.15) is 78.6 Å². The van der Waals surface area contributed by atoms with E-state index in [9.17, 15) is 9.59 Å². The minimum atomic E-state index is -0.167. The number of rotatable bonds is 3. The molecule has 30 heavy (non-hydrogen) atoms. The average Bonchev–Trinajstić information content (AvgIpc) is 3.34. The lowest BCUT2D eigenvalue weighted by atomic mass is 9.43. The van der Waals surface area contributed by atoms with Gasteiger partial charge in [-0.2, -0.15) is 0 Å². The highest BCUT2D eigenvalue weighted by Crippen LogP contribution is 2.65. The number of hydrogen-bond donors (Lipinski definition) is 1. The van der Waals surface area contributed by atoms with Gasteiger partial charge in [0.25, 0.3) is 0 Å². The van der Waals surface area contributed by atoms with E-state index in [0.29, 0.717) is 35.7 Å². The minimum Gasteiger partial charge on any atom is -0.391 e. The molecule has 0 amide bonds. The summed E-state index contributed by atoms with van der Waals surface area (Å²) in [7, 11) is 0. The molecule has 166 valence electrons. The second-order valence-corrected chi connectivity index (χ2v) is 11.3. The van der Waals surface area contributed by atoms with Gasteiger partial charge < -0.3 is 10.2 Å². The van der Waals surface area contributed by atoms with Crippen LogP contribution in [0, 0.1) is 40.4 Å². The molecule has 4 saturated carbocycles. The SMILES string of the molecule is CCC1/C(=N/O[C@@H]2CCNC2)CC[C@@]2(C)C1C(=O)C[C@@H]1[C@H]2CC[C@]2(C)C(=O)CC[C@@H]12. The zero-order chi connectivity index (χ0) is 21.1. The Bertz CT molecular complexity index is 757. The van der Waals surface area contributed by atoms with Gasteiger partial charge in [0.1, 0.15) is 17.7 Å². The van der Waals surface area contributed by atoms with Gasteiger partial charge in [-0.1, -0.05) is 25.9 Å². The van der Waals surface area contributed by atoms with Crippen LogP contribution in [0.4, 0.5) is 0 Å². The van der Waals surface area contributed by atoms with Crippen LogP contribution < -0.4 is 5.32 Å². The Balaban J connectivity index is 1.41. The van der Waals surface area contributed by atoms with E-state index >= 15 is 0 Å². The molecule has 1 N–H and O–H groups in total. The molecule has 1 saturated heterocycles. The molecule has 0 radical (unpaired) electrons. The second kappa shape index (κ2) is 7.43. The first kappa shape index (κ1) is 20.7. The van der Waals surface area contributed by atoms with Gasteiger partial charge in [0.15, 0.2) is 0 Å². The Labute approximate surface area is 180 Å². The highest BCUT2D eigenvalue weighted by atomic mass is 16.6. The lowest BCUT2D eigenvalue weighted by Gasteiger charge is -2.60. The molecule has 5 heteroatoms. The number of oxime groups is 1. The van der Waals surface area contributed by atoms with Crippen LogP contribution in [0.2, 0.25) is 0 Å². The van der Waals surface area contributed by atoms with Crippen molar-refractivity contribution >= 4 is 17.3 Å². The zero-order valence-corrected chi connectivity index (χ0v) is 18.9. The van der Waals surface area contributed by atoms with E-state index in [1.165, 1.54) is 0 Å². The van der Waals surface area contributed by atoms with Crippen molar-refractivity contribution in [3.8, 4) is 0 Å². The maximum Gasteiger partial charge on any atom is 0.141 e. The number of hydrogen-bond acceptors (Lipinski definition) is 5. The van der Waals surface area contributed by atoms with E-state index in [1.807, 2.05) is 0 Å². The second-order valence-electron chi connectivity index (χ2n) is 11.3. The molecule has 0 aromatic carbocycles. The Kier molecular flexibility index (Phi) is 5.11. The maximum atomic E-state index is 13.6. The first-order chi connectivity index (χ1) is 14.4. The van der Waals surface area contributed by atoms with Crippen molar-refractivity contribution in [3.63, 3.8) is 0 Å². The van der Waals surface area contributed by atoms with Crippen LogP contribution in [0.25, 0.3) is 0 Å². The van der Waals surface area contributed by atoms with Crippen LogP contribution in [-0.2, 0) is 14.4 Å². The van der Waals surface area contributed by atoms with Crippen molar-refractivity contribution in [1.29, 1.82) is 0 Å². The summed E-state index contributed by atoms with van der Waals surface area (Å²) in [5, 5.41) is 7.96. The van der Waals surface area contributed by atoms with Crippen LogP contribution in [0.5, 0.6) is 0 Å². The number of nitrogens with one attached hydrogen (secondary N) is 1. The highest BCUT2D eigenvalue weighted by Gasteiger charge is 2.63. The van der Waals surface area contributed by atoms with Crippen molar-refractivity contribution < 1.29 is 14.4 Å². The minimum absolute atomic E-state index is 0.0432. The molecule has 2 unspecified atom stereocenters. The van der Waals surface area contributed by atoms with E-state index in [0.717, 1.165) is 70.2 Å². The average molecular weight is 415 g/mol. The van der Waals surface area contributed by atoms with Gasteiger partial charge >= 0.3 is 0 Å². The van der Waals surface area contributed by atoms with Gasteiger partial charge in [0, 0.05) is 43.1 Å². The van der Waals surface area contributed by atoms with Gasteiger partial charge in [-0.25, -0.2) is 0 Å². The third-order valence-electron chi connectivity index (χ3n) is 10.0. The lowest BCUT2D eigenvalue weighted by Crippen LogP contribution is -2.59. The topological polar surface area (TPSA) is 67.8 Å². The Hall–Kier alpha value is -1.23. The molecule has 0 bridgehead atoms. The van der Waals surface area contributed by atoms with Gasteiger partial charge in [-0.15, -0.1) is 0 Å². The van der Waals surface area contributed by atoms with Gasteiger partial charge in [0.05, 0.1) is 5.71 Å². The fourth-order valence-corrected chi connectivity index (χ4v) is 8.36. The zero-order valence-electron chi connectivity index (χ0n) is 18.9. The van der Waals surface area contributed by atoms with Crippen LogP contribution in [0.15, 0.2) is 5.16 Å². The predicted molar refractivity (Wildman–Crippen MR) is 116 cm³/mol. The quantitative estimate of drug-likeness (QED) is 0.705. The number of nitrogens with zero attached hydrogens (tertiary/aromatic N) is 1. The summed E-state index contributed by atoms with van der Waals surface area (Å²) in [6.45, 7) is 8.66. The van der Waals surface area contributed by atoms with E-state index in [-0.39, 0.29) is 28.8 Å². The summed E-state index contributed by atoms with van der Waals surface area (Å²) in [5.41, 5.74) is 0.997. The maximum absolute atomic E-state index is 13.6. The first-order valence-electron chi connectivity index (χ1n) is 12.4. The summed E-state index contributed by atoms with van der Waals surface area (Å²) in [6.07, 6.45) is 8.64. The van der Waals surface area contributed by atoms with Gasteiger partial charge in [0.2, 0.25) is 0 Å². The van der Waals surface area contributed by atoms with Crippen molar-refractivity contribution in [1.82, 2.24) is 5.32 Å². The highest BCUT2D eigenvalue weighted by molar-refractivity contribution is 5.95. The largest absolute Gasteiger partial charge is 0.391 e. The summed E-state index contributed by atoms with van der Waals surface area (Å²) in [4.78, 5) is 32.2. The van der Waals surface area contributed by atoms with Gasteiger partial charge in [-0.05, 0) is 68.2 Å².